The number of hydrogen-bond donors (Lipinski definition) is 4. The van der Waals surface area contributed by atoms with Crippen molar-refractivity contribution in [1.82, 2.24) is 10.6 Å². The van der Waals surface area contributed by atoms with Crippen LogP contribution in [0.4, 0.5) is 0 Å². The monoisotopic (exact) mass is 534 g/mol. The number of hydrogen-bond acceptors (Lipinski definition) is 5. The Kier molecular flexibility index (Phi) is 6.87. The van der Waals surface area contributed by atoms with Crippen LogP contribution in [-0.4, -0.2) is 34.6 Å². The fourth-order valence-corrected chi connectivity index (χ4v) is 4.96. The first-order valence-electron chi connectivity index (χ1n) is 12.6. The number of carboxylic acids is 1. The Morgan fingerprint density at radius 1 is 0.850 bits per heavy atom. The van der Waals surface area contributed by atoms with E-state index in [0.29, 0.717) is 0 Å². The summed E-state index contributed by atoms with van der Waals surface area (Å²) in [5.74, 6) is -3.45. The molecule has 4 aromatic rings. The van der Waals surface area contributed by atoms with Crippen molar-refractivity contribution in [3.05, 3.63) is 117 Å². The standard InChI is InChI=1S/C31H26N4O5/c1-16-5-3-7-18(11-16)14-33-27(32)22-13-23(31(39)40)26-25-21(29(37)35-30(26)38)10-9-20(24(22)25)28(36)34-15-19-8-4-6-17(2)12-19/h3-13H,14-15H2,1-2H3,(H2,32,33)(H,34,36)(H,39,40)(H,35,37,38). The average Bonchev–Trinajstić information content (AvgIpc) is 2.92. The molecule has 0 atom stereocenters. The first-order valence-corrected chi connectivity index (χ1v) is 12.6. The largest absolute Gasteiger partial charge is 0.478 e. The molecule has 0 aliphatic carbocycles. The minimum absolute atomic E-state index is 0.0288. The number of nitrogens with two attached hydrogens (primary N) is 1. The minimum atomic E-state index is -1.38. The van der Waals surface area contributed by atoms with Gasteiger partial charge in [0.1, 0.15) is 5.84 Å². The molecule has 0 spiro atoms. The quantitative estimate of drug-likeness (QED) is 0.161. The van der Waals surface area contributed by atoms with Gasteiger partial charge >= 0.3 is 5.97 Å². The third kappa shape index (κ3) is 4.92. The number of aliphatic imine (C=N–C) groups is 1. The Bertz CT molecular complexity index is 1770. The highest BCUT2D eigenvalue weighted by Crippen LogP contribution is 2.35. The number of aromatic carboxylic acids is 1. The zero-order valence-corrected chi connectivity index (χ0v) is 21.9. The zero-order chi connectivity index (χ0) is 28.6. The maximum Gasteiger partial charge on any atom is 0.336 e. The Hall–Kier alpha value is -5.31. The molecule has 1 aliphatic rings. The molecule has 1 heterocycles. The molecular weight excluding hydrogens is 508 g/mol. The van der Waals surface area contributed by atoms with Gasteiger partial charge in [-0.2, -0.15) is 0 Å². The lowest BCUT2D eigenvalue weighted by Gasteiger charge is -2.22. The number of carbonyl (C=O) groups excluding carboxylic acids is 3. The molecule has 5 rings (SSSR count). The van der Waals surface area contributed by atoms with E-state index in [9.17, 15) is 24.3 Å². The number of rotatable bonds is 7. The summed E-state index contributed by atoms with van der Waals surface area (Å²) in [6.45, 7) is 4.33. The van der Waals surface area contributed by atoms with Gasteiger partial charge in [0.05, 0.1) is 17.7 Å². The van der Waals surface area contributed by atoms with Crippen LogP contribution in [0.25, 0.3) is 10.8 Å². The Morgan fingerprint density at radius 2 is 1.52 bits per heavy atom. The van der Waals surface area contributed by atoms with Gasteiger partial charge in [-0.1, -0.05) is 59.7 Å². The summed E-state index contributed by atoms with van der Waals surface area (Å²) >= 11 is 0. The molecule has 0 radical (unpaired) electrons. The van der Waals surface area contributed by atoms with Crippen molar-refractivity contribution in [3.8, 4) is 0 Å². The van der Waals surface area contributed by atoms with Crippen LogP contribution < -0.4 is 16.4 Å². The van der Waals surface area contributed by atoms with Gasteiger partial charge in [-0.3, -0.25) is 24.7 Å². The molecule has 0 saturated heterocycles. The highest BCUT2D eigenvalue weighted by atomic mass is 16.4. The van der Waals surface area contributed by atoms with Crippen LogP contribution in [0.5, 0.6) is 0 Å². The van der Waals surface area contributed by atoms with Crippen LogP contribution in [0.3, 0.4) is 0 Å². The van der Waals surface area contributed by atoms with Crippen LogP contribution >= 0.6 is 0 Å². The molecule has 1 aliphatic heterocycles. The third-order valence-corrected chi connectivity index (χ3v) is 6.78. The number of amides is 3. The Labute approximate surface area is 229 Å². The van der Waals surface area contributed by atoms with Crippen LogP contribution in [0.1, 0.15) is 69.2 Å². The average molecular weight is 535 g/mol. The summed E-state index contributed by atoms with van der Waals surface area (Å²) in [6.07, 6.45) is 0. The van der Waals surface area contributed by atoms with Crippen LogP contribution in [0.2, 0.25) is 0 Å². The summed E-state index contributed by atoms with van der Waals surface area (Å²) in [5.41, 5.74) is 10.1. The normalized spacial score (nSPS) is 12.8. The van der Waals surface area contributed by atoms with Gasteiger partial charge in [0.25, 0.3) is 17.7 Å². The van der Waals surface area contributed by atoms with Crippen LogP contribution in [0, 0.1) is 13.8 Å². The molecule has 0 unspecified atom stereocenters. The summed E-state index contributed by atoms with van der Waals surface area (Å²) in [7, 11) is 0. The summed E-state index contributed by atoms with van der Waals surface area (Å²) in [6, 6.07) is 19.5. The molecule has 3 amide bonds. The number of benzene rings is 4. The molecule has 9 nitrogen and oxygen atoms in total. The van der Waals surface area contributed by atoms with E-state index in [-0.39, 0.29) is 57.5 Å². The van der Waals surface area contributed by atoms with E-state index in [1.54, 1.807) is 0 Å². The van der Waals surface area contributed by atoms with Gasteiger partial charge in [-0.05, 0) is 43.2 Å². The number of nitrogens with zero attached hydrogens (tertiary/aromatic N) is 1. The number of carbonyl (C=O) groups is 4. The Balaban J connectivity index is 1.70. The van der Waals surface area contributed by atoms with Gasteiger partial charge in [-0.25, -0.2) is 4.79 Å². The predicted octanol–water partition coefficient (Wildman–Crippen LogP) is 3.87. The molecule has 0 bridgehead atoms. The third-order valence-electron chi connectivity index (χ3n) is 6.78. The number of imide groups is 1. The van der Waals surface area contributed by atoms with E-state index < -0.39 is 23.7 Å². The molecule has 0 aromatic heterocycles. The fourth-order valence-electron chi connectivity index (χ4n) is 4.96. The van der Waals surface area contributed by atoms with E-state index in [1.165, 1.54) is 18.2 Å². The second-order valence-electron chi connectivity index (χ2n) is 9.71. The van der Waals surface area contributed by atoms with Crippen molar-refractivity contribution in [1.29, 1.82) is 0 Å². The molecule has 200 valence electrons. The number of aryl methyl sites for hydroxylation is 2. The molecule has 9 heteroatoms. The first-order chi connectivity index (χ1) is 19.1. The molecule has 0 saturated carbocycles. The highest BCUT2D eigenvalue weighted by Gasteiger charge is 2.33. The lowest BCUT2D eigenvalue weighted by atomic mass is 9.85. The van der Waals surface area contributed by atoms with E-state index in [4.69, 9.17) is 5.73 Å². The SMILES string of the molecule is Cc1cccc(CN=C(N)c2cc(C(=O)O)c3c4c(ccc(C(=O)NCc5cccc(C)c5)c24)C(=O)NC3=O)c1. The summed E-state index contributed by atoms with van der Waals surface area (Å²) < 4.78 is 0. The lowest BCUT2D eigenvalue weighted by Crippen LogP contribution is -2.37. The fraction of sp³-hybridized carbons (Fsp3) is 0.129. The van der Waals surface area contributed by atoms with Gasteiger partial charge in [-0.15, -0.1) is 0 Å². The second kappa shape index (κ2) is 10.5. The zero-order valence-electron chi connectivity index (χ0n) is 21.9. The van der Waals surface area contributed by atoms with E-state index in [1.807, 2.05) is 62.4 Å². The summed E-state index contributed by atoms with van der Waals surface area (Å²) in [5, 5.41) is 15.3. The van der Waals surface area contributed by atoms with Crippen LogP contribution in [-0.2, 0) is 13.1 Å². The molecular formula is C31H26N4O5. The van der Waals surface area contributed by atoms with Crippen molar-refractivity contribution in [2.24, 2.45) is 10.7 Å². The molecule has 40 heavy (non-hydrogen) atoms. The van der Waals surface area contributed by atoms with Gasteiger partial charge in [0, 0.05) is 34.0 Å². The van der Waals surface area contributed by atoms with Crippen molar-refractivity contribution in [3.63, 3.8) is 0 Å². The van der Waals surface area contributed by atoms with Crippen LogP contribution in [0.15, 0.2) is 71.7 Å². The van der Waals surface area contributed by atoms with E-state index in [2.05, 4.69) is 15.6 Å². The minimum Gasteiger partial charge on any atom is -0.478 e. The van der Waals surface area contributed by atoms with E-state index >= 15 is 0 Å². The topological polar surface area (TPSA) is 151 Å². The highest BCUT2D eigenvalue weighted by molar-refractivity contribution is 6.32. The molecule has 5 N–H and O–H groups in total. The van der Waals surface area contributed by atoms with Gasteiger partial charge in [0.15, 0.2) is 0 Å². The maximum absolute atomic E-state index is 13.5. The van der Waals surface area contributed by atoms with Gasteiger partial charge < -0.3 is 16.2 Å². The number of nitrogens with one attached hydrogen (secondary N) is 2. The van der Waals surface area contributed by atoms with E-state index in [0.717, 1.165) is 22.3 Å². The van der Waals surface area contributed by atoms with Crippen molar-refractivity contribution >= 4 is 40.3 Å². The van der Waals surface area contributed by atoms with Crippen molar-refractivity contribution in [2.75, 3.05) is 0 Å². The molecule has 0 fully saturated rings. The maximum atomic E-state index is 13.5. The number of amidine groups is 1. The number of carboxylic acid groups (broad SMARTS) is 1. The van der Waals surface area contributed by atoms with Gasteiger partial charge in [0.2, 0.25) is 0 Å². The second-order valence-corrected chi connectivity index (χ2v) is 9.71. The van der Waals surface area contributed by atoms with Crippen molar-refractivity contribution < 1.29 is 24.3 Å². The Morgan fingerprint density at radius 3 is 2.20 bits per heavy atom. The first kappa shape index (κ1) is 26.3. The smallest absolute Gasteiger partial charge is 0.336 e. The van der Waals surface area contributed by atoms with Crippen molar-refractivity contribution in [2.45, 2.75) is 26.9 Å². The lowest BCUT2D eigenvalue weighted by molar-refractivity contribution is 0.0687. The predicted molar refractivity (Wildman–Crippen MR) is 151 cm³/mol. The molecule has 4 aromatic carbocycles. The summed E-state index contributed by atoms with van der Waals surface area (Å²) in [4.78, 5) is 55.9.